The van der Waals surface area contributed by atoms with Crippen LogP contribution in [-0.4, -0.2) is 36.7 Å². The van der Waals surface area contributed by atoms with E-state index < -0.39 is 11.9 Å². The van der Waals surface area contributed by atoms with Crippen LogP contribution < -0.4 is 10.6 Å². The maximum absolute atomic E-state index is 12.1. The summed E-state index contributed by atoms with van der Waals surface area (Å²) >= 11 is 0. The molecule has 0 aliphatic heterocycles. The monoisotopic (exact) mass is 317 g/mol. The van der Waals surface area contributed by atoms with Gasteiger partial charge in [-0.1, -0.05) is 12.1 Å². The molecule has 1 aromatic rings. The lowest BCUT2D eigenvalue weighted by Gasteiger charge is -2.10. The molecule has 23 heavy (non-hydrogen) atoms. The maximum atomic E-state index is 12.1. The lowest BCUT2D eigenvalue weighted by Crippen LogP contribution is -2.19. The third kappa shape index (κ3) is 5.80. The Kier molecular flexibility index (Phi) is 7.89. The molecule has 0 aliphatic rings. The fourth-order valence-corrected chi connectivity index (χ4v) is 1.67. The average molecular weight is 317 g/mol. The second-order valence-corrected chi connectivity index (χ2v) is 4.42. The van der Waals surface area contributed by atoms with Gasteiger partial charge in [-0.3, -0.25) is 4.79 Å². The molecule has 0 spiro atoms. The topological polar surface area (TPSA) is 111 Å². The Morgan fingerprint density at radius 2 is 2.13 bits per heavy atom. The third-order valence-corrected chi connectivity index (χ3v) is 2.76. The molecular weight excluding hydrogens is 298 g/mol. The Bertz CT molecular complexity index is 620. The summed E-state index contributed by atoms with van der Waals surface area (Å²) < 4.78 is 4.92. The predicted octanol–water partition coefficient (Wildman–Crippen LogP) is 1.18. The van der Waals surface area contributed by atoms with Crippen molar-refractivity contribution in [3.63, 3.8) is 0 Å². The van der Waals surface area contributed by atoms with Crippen molar-refractivity contribution in [2.45, 2.75) is 13.3 Å². The Hall–Kier alpha value is -2.85. The first kappa shape index (κ1) is 18.2. The highest BCUT2D eigenvalue weighted by atomic mass is 16.5. The van der Waals surface area contributed by atoms with Crippen molar-refractivity contribution in [1.82, 2.24) is 5.32 Å². The Morgan fingerprint density at radius 1 is 1.39 bits per heavy atom. The van der Waals surface area contributed by atoms with Crippen molar-refractivity contribution in [3.8, 4) is 6.07 Å². The molecule has 1 rings (SSSR count). The van der Waals surface area contributed by atoms with Gasteiger partial charge in [-0.2, -0.15) is 5.26 Å². The Labute approximate surface area is 134 Å². The van der Waals surface area contributed by atoms with E-state index in [1.165, 1.54) is 12.3 Å². The van der Waals surface area contributed by atoms with Crippen molar-refractivity contribution in [2.24, 2.45) is 0 Å². The number of aliphatic hydroxyl groups is 1. The number of nitrogens with one attached hydrogen (secondary N) is 2. The van der Waals surface area contributed by atoms with Gasteiger partial charge in [-0.25, -0.2) is 4.79 Å². The number of amides is 1. The molecule has 0 atom stereocenters. The van der Waals surface area contributed by atoms with Crippen molar-refractivity contribution in [2.75, 3.05) is 25.1 Å². The Morgan fingerprint density at radius 3 is 2.78 bits per heavy atom. The van der Waals surface area contributed by atoms with Crippen LogP contribution in [0.4, 0.5) is 5.69 Å². The van der Waals surface area contributed by atoms with Crippen LogP contribution in [0.3, 0.4) is 0 Å². The van der Waals surface area contributed by atoms with Crippen LogP contribution in [0.15, 0.2) is 36.0 Å². The molecule has 122 valence electrons. The molecule has 3 N–H and O–H groups in total. The van der Waals surface area contributed by atoms with E-state index in [9.17, 15) is 9.59 Å². The summed E-state index contributed by atoms with van der Waals surface area (Å²) in [6.07, 6.45) is 1.78. The van der Waals surface area contributed by atoms with Crippen LogP contribution in [0.5, 0.6) is 0 Å². The number of carbonyl (C=O) groups excluding carboxylic acids is 2. The summed E-state index contributed by atoms with van der Waals surface area (Å²) in [5.41, 5.74) is 0.349. The minimum Gasteiger partial charge on any atom is -0.462 e. The molecule has 1 aromatic carbocycles. The molecule has 7 nitrogen and oxygen atoms in total. The average Bonchev–Trinajstić information content (AvgIpc) is 2.55. The second-order valence-electron chi connectivity index (χ2n) is 4.42. The molecule has 7 heteroatoms. The number of anilines is 1. The van der Waals surface area contributed by atoms with Gasteiger partial charge < -0.3 is 20.5 Å². The molecule has 0 radical (unpaired) electrons. The van der Waals surface area contributed by atoms with Crippen LogP contribution in [0.2, 0.25) is 0 Å². The number of benzene rings is 1. The zero-order chi connectivity index (χ0) is 17.1. The van der Waals surface area contributed by atoms with Crippen LogP contribution in [-0.2, 0) is 9.53 Å². The summed E-state index contributed by atoms with van der Waals surface area (Å²) in [4.78, 5) is 23.9. The first-order valence-electron chi connectivity index (χ1n) is 7.16. The number of ether oxygens (including phenoxy) is 1. The smallest absolute Gasteiger partial charge is 0.340 e. The van der Waals surface area contributed by atoms with Gasteiger partial charge in [0, 0.05) is 19.4 Å². The zero-order valence-electron chi connectivity index (χ0n) is 12.8. The molecule has 0 heterocycles. The summed E-state index contributed by atoms with van der Waals surface area (Å²) in [7, 11) is 0. The van der Waals surface area contributed by atoms with Gasteiger partial charge in [0.2, 0.25) is 0 Å². The van der Waals surface area contributed by atoms with Gasteiger partial charge in [0.05, 0.1) is 17.9 Å². The highest BCUT2D eigenvalue weighted by Gasteiger charge is 2.16. The van der Waals surface area contributed by atoms with E-state index in [2.05, 4.69) is 10.6 Å². The number of nitrogens with zero attached hydrogens (tertiary/aromatic N) is 1. The number of esters is 1. The number of carbonyl (C=O) groups is 2. The molecule has 0 bridgehead atoms. The molecular formula is C16H19N3O4. The second kappa shape index (κ2) is 9.97. The van der Waals surface area contributed by atoms with E-state index in [-0.39, 0.29) is 30.0 Å². The lowest BCUT2D eigenvalue weighted by molar-refractivity contribution is -0.112. The quantitative estimate of drug-likeness (QED) is 0.287. The van der Waals surface area contributed by atoms with Crippen molar-refractivity contribution in [3.05, 3.63) is 41.6 Å². The van der Waals surface area contributed by atoms with Gasteiger partial charge in [-0.15, -0.1) is 0 Å². The lowest BCUT2D eigenvalue weighted by atomic mass is 10.1. The molecule has 0 saturated carbocycles. The van der Waals surface area contributed by atoms with E-state index >= 15 is 0 Å². The standard InChI is InChI=1S/C16H19N3O4/c1-2-23-16(22)13-6-3-4-7-14(13)19-15(21)12(10-17)11-18-8-5-9-20/h3-4,6-7,11,18,20H,2,5,8-9H2,1H3,(H,19,21)/b12-11-. The van der Waals surface area contributed by atoms with E-state index in [1.54, 1.807) is 31.2 Å². The van der Waals surface area contributed by atoms with Gasteiger partial charge in [0.1, 0.15) is 11.6 Å². The van der Waals surface area contributed by atoms with Gasteiger partial charge >= 0.3 is 5.97 Å². The summed E-state index contributed by atoms with van der Waals surface area (Å²) in [5.74, 6) is -1.19. The third-order valence-electron chi connectivity index (χ3n) is 2.76. The minimum absolute atomic E-state index is 0.0157. The summed E-state index contributed by atoms with van der Waals surface area (Å²) in [6.45, 7) is 2.36. The normalized spacial score (nSPS) is 10.6. The molecule has 0 aliphatic carbocycles. The molecule has 0 aromatic heterocycles. The molecule has 0 unspecified atom stereocenters. The van der Waals surface area contributed by atoms with E-state index in [4.69, 9.17) is 15.1 Å². The Balaban J connectivity index is 2.84. The fourth-order valence-electron chi connectivity index (χ4n) is 1.67. The highest BCUT2D eigenvalue weighted by Crippen LogP contribution is 2.17. The molecule has 0 saturated heterocycles. The van der Waals surface area contributed by atoms with Crippen LogP contribution in [0.25, 0.3) is 0 Å². The van der Waals surface area contributed by atoms with Crippen molar-refractivity contribution in [1.29, 1.82) is 5.26 Å². The number of aliphatic hydroxyl groups excluding tert-OH is 1. The minimum atomic E-state index is -0.638. The maximum Gasteiger partial charge on any atom is 0.340 e. The van der Waals surface area contributed by atoms with E-state index in [0.29, 0.717) is 13.0 Å². The predicted molar refractivity (Wildman–Crippen MR) is 84.4 cm³/mol. The highest BCUT2D eigenvalue weighted by molar-refractivity contribution is 6.09. The van der Waals surface area contributed by atoms with Crippen LogP contribution in [0, 0.1) is 11.3 Å². The van der Waals surface area contributed by atoms with Crippen molar-refractivity contribution < 1.29 is 19.4 Å². The molecule has 0 fully saturated rings. The number of hydrogen-bond acceptors (Lipinski definition) is 6. The SMILES string of the molecule is CCOC(=O)c1ccccc1NC(=O)/C(C#N)=C\NCCCO. The van der Waals surface area contributed by atoms with Crippen LogP contribution in [0.1, 0.15) is 23.7 Å². The number of nitriles is 1. The van der Waals surface area contributed by atoms with Gasteiger partial charge in [0.15, 0.2) is 0 Å². The van der Waals surface area contributed by atoms with Crippen LogP contribution >= 0.6 is 0 Å². The van der Waals surface area contributed by atoms with Gasteiger partial charge in [-0.05, 0) is 25.5 Å². The van der Waals surface area contributed by atoms with Gasteiger partial charge in [0.25, 0.3) is 5.91 Å². The fraction of sp³-hybridized carbons (Fsp3) is 0.312. The number of para-hydroxylation sites is 1. The summed E-state index contributed by atoms with van der Waals surface area (Å²) in [6, 6.07) is 8.18. The summed E-state index contributed by atoms with van der Waals surface area (Å²) in [5, 5.41) is 23.0. The van der Waals surface area contributed by atoms with E-state index in [1.807, 2.05) is 0 Å². The van der Waals surface area contributed by atoms with Crippen molar-refractivity contribution >= 4 is 17.6 Å². The number of rotatable bonds is 8. The number of hydrogen-bond donors (Lipinski definition) is 3. The largest absolute Gasteiger partial charge is 0.462 e. The zero-order valence-corrected chi connectivity index (χ0v) is 12.8. The van der Waals surface area contributed by atoms with E-state index in [0.717, 1.165) is 0 Å². The first-order valence-corrected chi connectivity index (χ1v) is 7.16. The first-order chi connectivity index (χ1) is 11.1. The molecule has 1 amide bonds.